The highest BCUT2D eigenvalue weighted by atomic mass is 32.2. The molecule has 2 rings (SSSR count). The Morgan fingerprint density at radius 3 is 2.48 bits per heavy atom. The molecule has 21 heavy (non-hydrogen) atoms. The number of anilines is 1. The topological polar surface area (TPSA) is 63.4 Å². The van der Waals surface area contributed by atoms with E-state index in [4.69, 9.17) is 5.73 Å². The first kappa shape index (κ1) is 16.3. The predicted octanol–water partition coefficient (Wildman–Crippen LogP) is 3.14. The van der Waals surface area contributed by atoms with Gasteiger partial charge in [-0.25, -0.2) is 8.42 Å². The Kier molecular flexibility index (Phi) is 5.65. The van der Waals surface area contributed by atoms with Gasteiger partial charge < -0.3 is 5.73 Å². The fraction of sp³-hybridized carbons (Fsp3) is 0.625. The normalized spacial score (nSPS) is 17.2. The maximum absolute atomic E-state index is 12.9. The molecule has 1 aliphatic carbocycles. The zero-order valence-electron chi connectivity index (χ0n) is 12.8. The third-order valence-electron chi connectivity index (χ3n) is 4.21. The lowest BCUT2D eigenvalue weighted by Gasteiger charge is -2.29. The molecule has 0 saturated heterocycles. The van der Waals surface area contributed by atoms with Gasteiger partial charge in [0.05, 0.1) is 5.25 Å². The molecule has 0 spiro atoms. The van der Waals surface area contributed by atoms with E-state index in [1.807, 2.05) is 31.2 Å². The standard InChI is InChI=1S/C16H26N2O2S/c1-2-12-18(13-14-8-6-7-11-16(14)17)21(19,20)15-9-4-3-5-10-15/h6-8,11,15H,2-5,9-10,12-13,17H2,1H3. The van der Waals surface area contributed by atoms with Crippen LogP contribution in [0.2, 0.25) is 0 Å². The van der Waals surface area contributed by atoms with Gasteiger partial charge in [0.15, 0.2) is 0 Å². The predicted molar refractivity (Wildman–Crippen MR) is 87.3 cm³/mol. The monoisotopic (exact) mass is 310 g/mol. The minimum absolute atomic E-state index is 0.206. The van der Waals surface area contributed by atoms with E-state index in [1.54, 1.807) is 4.31 Å². The lowest BCUT2D eigenvalue weighted by Crippen LogP contribution is -2.39. The van der Waals surface area contributed by atoms with Gasteiger partial charge in [-0.15, -0.1) is 0 Å². The molecule has 118 valence electrons. The van der Waals surface area contributed by atoms with Gasteiger partial charge in [-0.1, -0.05) is 44.4 Å². The minimum atomic E-state index is -3.22. The highest BCUT2D eigenvalue weighted by molar-refractivity contribution is 7.89. The highest BCUT2D eigenvalue weighted by Gasteiger charge is 2.32. The zero-order chi connectivity index (χ0) is 15.3. The van der Waals surface area contributed by atoms with E-state index in [0.717, 1.165) is 44.1 Å². The lowest BCUT2D eigenvalue weighted by atomic mass is 10.0. The highest BCUT2D eigenvalue weighted by Crippen LogP contribution is 2.27. The Labute approximate surface area is 128 Å². The summed E-state index contributed by atoms with van der Waals surface area (Å²) in [6.45, 7) is 2.96. The van der Waals surface area contributed by atoms with Crippen LogP contribution < -0.4 is 5.73 Å². The Morgan fingerprint density at radius 2 is 1.86 bits per heavy atom. The molecule has 2 N–H and O–H groups in total. The van der Waals surface area contributed by atoms with Crippen LogP contribution in [0.5, 0.6) is 0 Å². The van der Waals surface area contributed by atoms with Crippen LogP contribution in [0, 0.1) is 0 Å². The molecule has 0 radical (unpaired) electrons. The van der Waals surface area contributed by atoms with Crippen molar-refractivity contribution in [3.63, 3.8) is 0 Å². The summed E-state index contributed by atoms with van der Waals surface area (Å²) in [6, 6.07) is 7.52. The van der Waals surface area contributed by atoms with E-state index in [2.05, 4.69) is 0 Å². The van der Waals surface area contributed by atoms with Gasteiger partial charge in [-0.05, 0) is 30.9 Å². The smallest absolute Gasteiger partial charge is 0.217 e. The fourth-order valence-electron chi connectivity index (χ4n) is 2.99. The third-order valence-corrected chi connectivity index (χ3v) is 6.55. The van der Waals surface area contributed by atoms with Crippen LogP contribution in [-0.2, 0) is 16.6 Å². The summed E-state index contributed by atoms with van der Waals surface area (Å²) >= 11 is 0. The fourth-order valence-corrected chi connectivity index (χ4v) is 5.09. The summed E-state index contributed by atoms with van der Waals surface area (Å²) in [5, 5.41) is -0.206. The molecule has 0 atom stereocenters. The van der Waals surface area contributed by atoms with Crippen LogP contribution >= 0.6 is 0 Å². The van der Waals surface area contributed by atoms with Crippen molar-refractivity contribution in [2.45, 2.75) is 57.2 Å². The molecule has 0 aliphatic heterocycles. The van der Waals surface area contributed by atoms with E-state index in [9.17, 15) is 8.42 Å². The maximum atomic E-state index is 12.9. The number of hydrogen-bond acceptors (Lipinski definition) is 3. The van der Waals surface area contributed by atoms with Crippen LogP contribution in [0.3, 0.4) is 0 Å². The third kappa shape index (κ3) is 3.98. The molecule has 5 heteroatoms. The lowest BCUT2D eigenvalue weighted by molar-refractivity contribution is 0.382. The van der Waals surface area contributed by atoms with Crippen molar-refractivity contribution in [3.05, 3.63) is 29.8 Å². The Hall–Kier alpha value is -1.07. The van der Waals surface area contributed by atoms with Crippen molar-refractivity contribution in [1.82, 2.24) is 4.31 Å². The van der Waals surface area contributed by atoms with Crippen LogP contribution in [0.4, 0.5) is 5.69 Å². The Morgan fingerprint density at radius 1 is 1.19 bits per heavy atom. The molecule has 1 fully saturated rings. The van der Waals surface area contributed by atoms with E-state index in [-0.39, 0.29) is 5.25 Å². The van der Waals surface area contributed by atoms with Gasteiger partial charge in [-0.3, -0.25) is 0 Å². The SMILES string of the molecule is CCCN(Cc1ccccc1N)S(=O)(=O)C1CCCCC1. The van der Waals surface area contributed by atoms with Crippen molar-refractivity contribution in [1.29, 1.82) is 0 Å². The number of para-hydroxylation sites is 1. The summed E-state index contributed by atoms with van der Waals surface area (Å²) in [5.41, 5.74) is 7.52. The summed E-state index contributed by atoms with van der Waals surface area (Å²) < 4.78 is 27.4. The molecule has 0 heterocycles. The molecular formula is C16H26N2O2S. The first-order chi connectivity index (χ1) is 10.1. The van der Waals surface area contributed by atoms with E-state index in [1.165, 1.54) is 0 Å². The zero-order valence-corrected chi connectivity index (χ0v) is 13.6. The molecule has 0 aromatic heterocycles. The molecule has 4 nitrogen and oxygen atoms in total. The van der Waals surface area contributed by atoms with Crippen LogP contribution in [0.1, 0.15) is 51.0 Å². The average molecular weight is 310 g/mol. The number of nitrogens with zero attached hydrogens (tertiary/aromatic N) is 1. The van der Waals surface area contributed by atoms with E-state index < -0.39 is 10.0 Å². The number of sulfonamides is 1. The molecule has 1 aromatic carbocycles. The number of nitrogens with two attached hydrogens (primary N) is 1. The second-order valence-corrected chi connectivity index (χ2v) is 8.05. The summed E-state index contributed by atoms with van der Waals surface area (Å²) in [7, 11) is -3.22. The van der Waals surface area contributed by atoms with Crippen molar-refractivity contribution < 1.29 is 8.42 Å². The average Bonchev–Trinajstić information content (AvgIpc) is 2.50. The molecular weight excluding hydrogens is 284 g/mol. The van der Waals surface area contributed by atoms with Crippen LogP contribution in [0.15, 0.2) is 24.3 Å². The van der Waals surface area contributed by atoms with E-state index >= 15 is 0 Å². The first-order valence-corrected chi connectivity index (χ1v) is 9.38. The Balaban J connectivity index is 2.19. The van der Waals surface area contributed by atoms with Gasteiger partial charge >= 0.3 is 0 Å². The largest absolute Gasteiger partial charge is 0.398 e. The first-order valence-electron chi connectivity index (χ1n) is 7.88. The Bertz CT molecular complexity index is 551. The molecule has 0 amide bonds. The number of rotatable bonds is 6. The minimum Gasteiger partial charge on any atom is -0.398 e. The van der Waals surface area contributed by atoms with Crippen molar-refractivity contribution in [3.8, 4) is 0 Å². The summed E-state index contributed by atoms with van der Waals surface area (Å²) in [5.74, 6) is 0. The molecule has 0 unspecified atom stereocenters. The number of benzene rings is 1. The van der Waals surface area contributed by atoms with E-state index in [0.29, 0.717) is 18.8 Å². The number of nitrogen functional groups attached to an aromatic ring is 1. The van der Waals surface area contributed by atoms with Gasteiger partial charge in [0, 0.05) is 18.8 Å². The molecule has 1 aliphatic rings. The summed E-state index contributed by atoms with van der Waals surface area (Å²) in [6.07, 6.45) is 5.62. The summed E-state index contributed by atoms with van der Waals surface area (Å²) in [4.78, 5) is 0. The van der Waals surface area contributed by atoms with Gasteiger partial charge in [-0.2, -0.15) is 4.31 Å². The molecule has 1 saturated carbocycles. The van der Waals surface area contributed by atoms with Gasteiger partial charge in [0.1, 0.15) is 0 Å². The van der Waals surface area contributed by atoms with Gasteiger partial charge in [0.25, 0.3) is 0 Å². The second-order valence-electron chi connectivity index (χ2n) is 5.84. The number of hydrogen-bond donors (Lipinski definition) is 1. The van der Waals surface area contributed by atoms with Crippen molar-refractivity contribution in [2.75, 3.05) is 12.3 Å². The van der Waals surface area contributed by atoms with Crippen LogP contribution in [-0.4, -0.2) is 24.5 Å². The van der Waals surface area contributed by atoms with Crippen LogP contribution in [0.25, 0.3) is 0 Å². The van der Waals surface area contributed by atoms with Crippen molar-refractivity contribution >= 4 is 15.7 Å². The van der Waals surface area contributed by atoms with Gasteiger partial charge in [0.2, 0.25) is 10.0 Å². The maximum Gasteiger partial charge on any atom is 0.217 e. The molecule has 0 bridgehead atoms. The second kappa shape index (κ2) is 7.27. The quantitative estimate of drug-likeness (QED) is 0.821. The van der Waals surface area contributed by atoms with Crippen molar-refractivity contribution in [2.24, 2.45) is 0 Å². The molecule has 1 aromatic rings.